The van der Waals surface area contributed by atoms with Crippen LogP contribution in [-0.2, 0) is 30.7 Å². The van der Waals surface area contributed by atoms with E-state index in [1.807, 2.05) is 6.92 Å². The number of hydrogen-bond donors (Lipinski definition) is 3. The van der Waals surface area contributed by atoms with Crippen LogP contribution in [0.25, 0.3) is 0 Å². The van der Waals surface area contributed by atoms with Crippen molar-refractivity contribution >= 4 is 27.7 Å². The number of methoxy groups -OCH3 is 1. The Hall–Kier alpha value is -3.98. The van der Waals surface area contributed by atoms with Crippen LogP contribution in [0.3, 0.4) is 0 Å². The molecule has 3 aromatic carbocycles. The van der Waals surface area contributed by atoms with E-state index in [0.29, 0.717) is 39.1 Å². The Morgan fingerprint density at radius 1 is 1.00 bits per heavy atom. The van der Waals surface area contributed by atoms with Gasteiger partial charge < -0.3 is 25.4 Å². The molecule has 0 aliphatic carbocycles. The SMILES string of the molecule is COC(=O)N[C@H](C(=O)Nc1cccc(F)c1CC[C@H]1CNC[C@@H](C)N1S(=O)(=O)c1ccccc1)[C@@H](c1cc(F)cc(F)c1)C1CCOCC1. The van der Waals surface area contributed by atoms with Gasteiger partial charge in [0.15, 0.2) is 0 Å². The molecule has 264 valence electrons. The smallest absolute Gasteiger partial charge is 0.407 e. The molecule has 2 amide bonds. The number of nitrogens with one attached hydrogen (secondary N) is 3. The highest BCUT2D eigenvalue weighted by atomic mass is 32.2. The van der Waals surface area contributed by atoms with Gasteiger partial charge in [0, 0.05) is 61.6 Å². The first-order valence-electron chi connectivity index (χ1n) is 16.3. The highest BCUT2D eigenvalue weighted by Gasteiger charge is 2.40. The zero-order valence-electron chi connectivity index (χ0n) is 27.3. The number of alkyl carbamates (subject to hydrolysis) is 1. The van der Waals surface area contributed by atoms with Crippen molar-refractivity contribution in [1.82, 2.24) is 14.9 Å². The summed E-state index contributed by atoms with van der Waals surface area (Å²) in [5.41, 5.74) is 0.425. The summed E-state index contributed by atoms with van der Waals surface area (Å²) in [6.07, 6.45) is 0.264. The van der Waals surface area contributed by atoms with Crippen LogP contribution in [-0.4, -0.2) is 76.3 Å². The van der Waals surface area contributed by atoms with E-state index in [0.717, 1.165) is 25.3 Å². The number of sulfonamides is 1. The number of carbonyl (C=O) groups is 2. The van der Waals surface area contributed by atoms with E-state index in [-0.39, 0.29) is 46.5 Å². The van der Waals surface area contributed by atoms with Gasteiger partial charge in [-0.15, -0.1) is 0 Å². The van der Waals surface area contributed by atoms with Crippen LogP contribution in [0.5, 0.6) is 0 Å². The van der Waals surface area contributed by atoms with E-state index in [1.165, 1.54) is 34.6 Å². The second-order valence-electron chi connectivity index (χ2n) is 12.4. The van der Waals surface area contributed by atoms with Gasteiger partial charge in [-0.1, -0.05) is 24.3 Å². The number of benzene rings is 3. The Labute approximate surface area is 284 Å². The van der Waals surface area contributed by atoms with Gasteiger partial charge >= 0.3 is 6.09 Å². The third-order valence-electron chi connectivity index (χ3n) is 9.18. The fourth-order valence-corrected chi connectivity index (χ4v) is 8.78. The molecular weight excluding hydrogens is 661 g/mol. The number of amides is 2. The molecule has 3 aromatic rings. The lowest BCUT2D eigenvalue weighted by Crippen LogP contribution is -2.58. The molecule has 4 atom stereocenters. The Balaban J connectivity index is 1.44. The van der Waals surface area contributed by atoms with Gasteiger partial charge in [0.05, 0.1) is 12.0 Å². The van der Waals surface area contributed by atoms with E-state index in [2.05, 4.69) is 16.0 Å². The molecule has 0 radical (unpaired) electrons. The summed E-state index contributed by atoms with van der Waals surface area (Å²) in [5.74, 6) is -4.25. The molecule has 14 heteroatoms. The first-order valence-corrected chi connectivity index (χ1v) is 17.7. The van der Waals surface area contributed by atoms with Crippen molar-refractivity contribution in [2.75, 3.05) is 38.7 Å². The Morgan fingerprint density at radius 3 is 2.37 bits per heavy atom. The zero-order chi connectivity index (χ0) is 35.1. The molecule has 49 heavy (non-hydrogen) atoms. The molecule has 0 spiro atoms. The van der Waals surface area contributed by atoms with Crippen molar-refractivity contribution in [3.8, 4) is 0 Å². The van der Waals surface area contributed by atoms with Crippen LogP contribution in [0.15, 0.2) is 71.6 Å². The fraction of sp³-hybridized carbons (Fsp3) is 0.429. The summed E-state index contributed by atoms with van der Waals surface area (Å²) in [4.78, 5) is 26.9. The van der Waals surface area contributed by atoms with E-state index in [9.17, 15) is 26.8 Å². The minimum atomic E-state index is -3.87. The van der Waals surface area contributed by atoms with Gasteiger partial charge in [-0.25, -0.2) is 26.4 Å². The zero-order valence-corrected chi connectivity index (χ0v) is 28.1. The summed E-state index contributed by atoms with van der Waals surface area (Å²) in [5, 5.41) is 8.55. The van der Waals surface area contributed by atoms with Crippen LogP contribution in [0.1, 0.15) is 43.2 Å². The highest BCUT2D eigenvalue weighted by Crippen LogP contribution is 2.37. The molecule has 0 unspecified atom stereocenters. The Kier molecular flexibility index (Phi) is 12.0. The number of ether oxygens (including phenoxy) is 2. The van der Waals surface area contributed by atoms with E-state index >= 15 is 4.39 Å². The van der Waals surface area contributed by atoms with Crippen molar-refractivity contribution in [3.05, 3.63) is 95.3 Å². The minimum absolute atomic E-state index is 0.0652. The molecule has 2 saturated heterocycles. The predicted octanol–water partition coefficient (Wildman–Crippen LogP) is 4.96. The second-order valence-corrected chi connectivity index (χ2v) is 14.2. The van der Waals surface area contributed by atoms with Gasteiger partial charge in [0.1, 0.15) is 23.5 Å². The van der Waals surface area contributed by atoms with Gasteiger partial charge in [-0.2, -0.15) is 4.31 Å². The quantitative estimate of drug-likeness (QED) is 0.258. The highest BCUT2D eigenvalue weighted by molar-refractivity contribution is 7.89. The first-order chi connectivity index (χ1) is 23.5. The number of anilines is 1. The molecule has 2 aliphatic heterocycles. The molecular formula is C35H41F3N4O6S. The Bertz CT molecular complexity index is 1710. The maximum absolute atomic E-state index is 15.5. The lowest BCUT2D eigenvalue weighted by atomic mass is 9.76. The van der Waals surface area contributed by atoms with Crippen LogP contribution in [0.2, 0.25) is 0 Å². The Morgan fingerprint density at radius 2 is 1.69 bits per heavy atom. The molecule has 2 fully saturated rings. The lowest BCUT2D eigenvalue weighted by molar-refractivity contribution is -0.119. The third kappa shape index (κ3) is 8.61. The molecule has 0 saturated carbocycles. The average Bonchev–Trinajstić information content (AvgIpc) is 3.08. The lowest BCUT2D eigenvalue weighted by Gasteiger charge is -2.40. The van der Waals surface area contributed by atoms with Crippen LogP contribution in [0, 0.1) is 23.4 Å². The van der Waals surface area contributed by atoms with E-state index in [1.54, 1.807) is 18.2 Å². The predicted molar refractivity (Wildman–Crippen MR) is 177 cm³/mol. The van der Waals surface area contributed by atoms with E-state index in [4.69, 9.17) is 9.47 Å². The standard InChI is InChI=1S/C35H41F3N4O6S/c1-22-20-39-21-27(42(22)49(45,46)28-7-4-3-5-8-28)11-12-29-30(38)9-6-10-31(29)40-34(43)33(41-35(44)47-2)32(23-13-15-48-16-14-23)24-17-25(36)19-26(37)18-24/h3-10,17-19,22-23,27,32-33,39H,11-16,20-21H2,1-2H3,(H,40,43)(H,41,44)/t22-,27+,32-,33+/m1/s1. The van der Waals surface area contributed by atoms with Crippen LogP contribution >= 0.6 is 0 Å². The summed E-state index contributed by atoms with van der Waals surface area (Å²) in [6, 6.07) is 13.0. The number of rotatable bonds is 11. The summed E-state index contributed by atoms with van der Waals surface area (Å²) < 4.78 is 83.7. The molecule has 0 aromatic heterocycles. The van der Waals surface area contributed by atoms with Crippen molar-refractivity contribution < 1.29 is 40.7 Å². The normalized spacial score (nSPS) is 20.3. The van der Waals surface area contributed by atoms with Gasteiger partial charge in [0.2, 0.25) is 15.9 Å². The minimum Gasteiger partial charge on any atom is -0.453 e. The van der Waals surface area contributed by atoms with Crippen molar-refractivity contribution in [2.45, 2.75) is 61.5 Å². The molecule has 10 nitrogen and oxygen atoms in total. The number of hydrogen-bond acceptors (Lipinski definition) is 7. The number of piperazine rings is 1. The molecule has 0 bridgehead atoms. The number of halogens is 3. The fourth-order valence-electron chi connectivity index (χ4n) is 6.91. The molecule has 2 heterocycles. The van der Waals surface area contributed by atoms with E-state index < -0.39 is 57.5 Å². The van der Waals surface area contributed by atoms with Crippen molar-refractivity contribution in [3.63, 3.8) is 0 Å². The topological polar surface area (TPSA) is 126 Å². The number of nitrogens with zero attached hydrogens (tertiary/aromatic N) is 1. The molecule has 5 rings (SSSR count). The largest absolute Gasteiger partial charge is 0.453 e. The first kappa shape index (κ1) is 36.3. The summed E-state index contributed by atoms with van der Waals surface area (Å²) in [6.45, 7) is 3.30. The maximum atomic E-state index is 15.5. The van der Waals surface area contributed by atoms with Gasteiger partial charge in [-0.05, 0) is 80.5 Å². The van der Waals surface area contributed by atoms with Crippen molar-refractivity contribution in [2.24, 2.45) is 5.92 Å². The number of carbonyl (C=O) groups excluding carboxylic acids is 2. The third-order valence-corrected chi connectivity index (χ3v) is 11.3. The summed E-state index contributed by atoms with van der Waals surface area (Å²) >= 11 is 0. The maximum Gasteiger partial charge on any atom is 0.407 e. The van der Waals surface area contributed by atoms with Gasteiger partial charge in [-0.3, -0.25) is 4.79 Å². The van der Waals surface area contributed by atoms with Gasteiger partial charge in [0.25, 0.3) is 0 Å². The molecule has 3 N–H and O–H groups in total. The second kappa shape index (κ2) is 16.2. The average molecular weight is 703 g/mol. The monoisotopic (exact) mass is 702 g/mol. The van der Waals surface area contributed by atoms with Crippen LogP contribution < -0.4 is 16.0 Å². The van der Waals surface area contributed by atoms with Crippen LogP contribution in [0.4, 0.5) is 23.7 Å². The molecule has 2 aliphatic rings. The summed E-state index contributed by atoms with van der Waals surface area (Å²) in [7, 11) is -2.74. The van der Waals surface area contributed by atoms with Crippen molar-refractivity contribution in [1.29, 1.82) is 0 Å².